The van der Waals surface area contributed by atoms with Crippen LogP contribution in [0.3, 0.4) is 0 Å². The number of aromatic nitrogens is 1. The summed E-state index contributed by atoms with van der Waals surface area (Å²) in [5.41, 5.74) is -1.22. The van der Waals surface area contributed by atoms with Crippen molar-refractivity contribution < 1.29 is 27.8 Å². The number of hydrazine groups is 1. The zero-order valence-corrected chi connectivity index (χ0v) is 16.5. The van der Waals surface area contributed by atoms with E-state index < -0.39 is 36.9 Å². The number of pyridine rings is 1. The topological polar surface area (TPSA) is 77.9 Å². The van der Waals surface area contributed by atoms with Gasteiger partial charge >= 0.3 is 6.18 Å². The van der Waals surface area contributed by atoms with Crippen LogP contribution in [0.25, 0.3) is 0 Å². The van der Waals surface area contributed by atoms with Crippen LogP contribution in [-0.2, 0) is 16.1 Å². The minimum atomic E-state index is -4.54. The van der Waals surface area contributed by atoms with Crippen molar-refractivity contribution in [2.24, 2.45) is 0 Å². The second-order valence-electron chi connectivity index (χ2n) is 6.74. The van der Waals surface area contributed by atoms with Crippen molar-refractivity contribution in [2.75, 3.05) is 20.7 Å². The number of nitrogens with zero attached hydrogens (tertiary/aromatic N) is 3. The number of halogens is 3. The Morgan fingerprint density at radius 3 is 2.54 bits per heavy atom. The van der Waals surface area contributed by atoms with Gasteiger partial charge in [0.2, 0.25) is 0 Å². The fourth-order valence-corrected chi connectivity index (χ4v) is 2.31. The van der Waals surface area contributed by atoms with Gasteiger partial charge in [-0.3, -0.25) is 9.78 Å². The summed E-state index contributed by atoms with van der Waals surface area (Å²) in [6, 6.07) is 5.42. The van der Waals surface area contributed by atoms with Gasteiger partial charge in [0.15, 0.2) is 0 Å². The minimum absolute atomic E-state index is 0.0994. The third kappa shape index (κ3) is 7.45. The summed E-state index contributed by atoms with van der Waals surface area (Å²) in [7, 11) is 3.17. The molecule has 0 aliphatic rings. The van der Waals surface area contributed by atoms with Crippen LogP contribution in [-0.4, -0.2) is 64.7 Å². The molecule has 0 saturated heterocycles. The largest absolute Gasteiger partial charge is 0.394 e. The van der Waals surface area contributed by atoms with Crippen molar-refractivity contribution >= 4 is 5.91 Å². The van der Waals surface area contributed by atoms with Crippen LogP contribution in [0.2, 0.25) is 0 Å². The smallest absolute Gasteiger partial charge is 0.391 e. The Hall–Kier alpha value is -2.17. The van der Waals surface area contributed by atoms with Crippen LogP contribution in [0.4, 0.5) is 13.2 Å². The molecule has 1 aromatic rings. The van der Waals surface area contributed by atoms with Crippen molar-refractivity contribution in [3.63, 3.8) is 0 Å². The molecular formula is C18H27F3N4O3. The number of carbonyl (C=O) groups is 1. The lowest BCUT2D eigenvalue weighted by Crippen LogP contribution is -2.54. The monoisotopic (exact) mass is 404 g/mol. The third-order valence-electron chi connectivity index (χ3n) is 4.21. The molecule has 2 unspecified atom stereocenters. The molecule has 0 saturated carbocycles. The molecule has 28 heavy (non-hydrogen) atoms. The Kier molecular flexibility index (Phi) is 8.40. The van der Waals surface area contributed by atoms with E-state index in [4.69, 9.17) is 4.74 Å². The van der Waals surface area contributed by atoms with E-state index in [9.17, 15) is 23.1 Å². The Balaban J connectivity index is 2.66. The van der Waals surface area contributed by atoms with Gasteiger partial charge in [-0.2, -0.15) is 18.2 Å². The lowest BCUT2D eigenvalue weighted by Gasteiger charge is -2.36. The van der Waals surface area contributed by atoms with E-state index in [1.54, 1.807) is 37.3 Å². The van der Waals surface area contributed by atoms with E-state index in [1.165, 1.54) is 12.1 Å². The second-order valence-corrected chi connectivity index (χ2v) is 6.74. The molecular weight excluding hydrogens is 377 g/mol. The van der Waals surface area contributed by atoms with E-state index in [2.05, 4.69) is 16.9 Å². The summed E-state index contributed by atoms with van der Waals surface area (Å²) < 4.78 is 43.7. The lowest BCUT2D eigenvalue weighted by molar-refractivity contribution is -0.156. The summed E-state index contributed by atoms with van der Waals surface area (Å²) in [6.07, 6.45) is -4.73. The molecule has 1 rings (SSSR count). The molecule has 0 fully saturated rings. The molecule has 0 spiro atoms. The summed E-state index contributed by atoms with van der Waals surface area (Å²) in [5.74, 6) is -0.827. The average Bonchev–Trinajstić information content (AvgIpc) is 2.63. The number of hydrogen-bond donors (Lipinski definition) is 2. The lowest BCUT2D eigenvalue weighted by atomic mass is 9.98. The number of likely N-dealkylation sites (N-methyl/N-ethyl adjacent to an activating group) is 1. The number of alkyl halides is 3. The van der Waals surface area contributed by atoms with Crippen LogP contribution in [0, 0.1) is 0 Å². The number of aliphatic hydroxyl groups is 1. The van der Waals surface area contributed by atoms with E-state index in [0.29, 0.717) is 0 Å². The normalized spacial score (nSPS) is 15.0. The molecule has 0 aliphatic heterocycles. The highest BCUT2D eigenvalue weighted by Crippen LogP contribution is 2.27. The molecule has 2 N–H and O–H groups in total. The average molecular weight is 404 g/mol. The number of hydrogen-bond acceptors (Lipinski definition) is 6. The van der Waals surface area contributed by atoms with Crippen molar-refractivity contribution in [3.05, 3.63) is 42.4 Å². The highest BCUT2D eigenvalue weighted by atomic mass is 19.4. The summed E-state index contributed by atoms with van der Waals surface area (Å²) in [4.78, 5) is 16.5. The summed E-state index contributed by atoms with van der Waals surface area (Å²) >= 11 is 0. The summed E-state index contributed by atoms with van der Waals surface area (Å²) in [6.45, 7) is 5.87. The Labute approximate surface area is 162 Å². The third-order valence-corrected chi connectivity index (χ3v) is 4.21. The number of aliphatic hydroxyl groups excluding tert-OH is 1. The molecule has 0 aliphatic carbocycles. The number of carbonyl (C=O) groups excluding carboxylic acids is 1. The predicted octanol–water partition coefficient (Wildman–Crippen LogP) is 2.06. The van der Waals surface area contributed by atoms with Gasteiger partial charge in [0.05, 0.1) is 30.9 Å². The maximum absolute atomic E-state index is 12.7. The first kappa shape index (κ1) is 23.9. The van der Waals surface area contributed by atoms with Gasteiger partial charge in [0, 0.05) is 20.3 Å². The number of ether oxygens (including phenoxy) is 1. The van der Waals surface area contributed by atoms with Crippen molar-refractivity contribution in [1.29, 1.82) is 0 Å². The van der Waals surface area contributed by atoms with Gasteiger partial charge in [-0.1, -0.05) is 12.6 Å². The zero-order chi connectivity index (χ0) is 21.5. The van der Waals surface area contributed by atoms with Gasteiger partial charge in [-0.05, 0) is 26.0 Å². The molecule has 0 radical (unpaired) electrons. The van der Waals surface area contributed by atoms with Crippen molar-refractivity contribution in [1.82, 2.24) is 20.3 Å². The highest BCUT2D eigenvalue weighted by molar-refractivity contribution is 5.92. The van der Waals surface area contributed by atoms with Gasteiger partial charge in [-0.15, -0.1) is 0 Å². The molecule has 7 nitrogen and oxygen atoms in total. The predicted molar refractivity (Wildman–Crippen MR) is 97.5 cm³/mol. The SMILES string of the molecule is C=C(C(=O)NC(C)(CO)CC(F)(F)F)N(C)N(C)C(C)OCc1ccccn1. The van der Waals surface area contributed by atoms with E-state index in [0.717, 1.165) is 12.6 Å². The fraction of sp³-hybridized carbons (Fsp3) is 0.556. The van der Waals surface area contributed by atoms with Gasteiger partial charge in [0.1, 0.15) is 11.9 Å². The van der Waals surface area contributed by atoms with Crippen molar-refractivity contribution in [2.45, 2.75) is 44.8 Å². The van der Waals surface area contributed by atoms with Gasteiger partial charge in [-0.25, -0.2) is 0 Å². The standard InChI is InChI=1S/C18H27F3N4O3/c1-13(16(27)23-17(3,12-26)11-18(19,20)21)24(4)25(5)14(2)28-10-15-8-6-7-9-22-15/h6-9,14,26H,1,10-12H2,2-5H3,(H,23,27). The maximum Gasteiger partial charge on any atom is 0.391 e. The molecule has 1 amide bonds. The summed E-state index contributed by atoms with van der Waals surface area (Å²) in [5, 5.41) is 14.4. The number of amides is 1. The maximum atomic E-state index is 12.7. The molecule has 1 heterocycles. The Morgan fingerprint density at radius 2 is 2.04 bits per heavy atom. The molecule has 1 aromatic heterocycles. The van der Waals surface area contributed by atoms with Crippen LogP contribution in [0.5, 0.6) is 0 Å². The van der Waals surface area contributed by atoms with E-state index in [-0.39, 0.29) is 12.3 Å². The van der Waals surface area contributed by atoms with Gasteiger partial charge < -0.3 is 20.2 Å². The second kappa shape index (κ2) is 9.85. The fourth-order valence-electron chi connectivity index (χ4n) is 2.31. The highest BCUT2D eigenvalue weighted by Gasteiger charge is 2.40. The first-order valence-corrected chi connectivity index (χ1v) is 8.55. The van der Waals surface area contributed by atoms with E-state index in [1.807, 2.05) is 6.07 Å². The molecule has 0 aromatic carbocycles. The minimum Gasteiger partial charge on any atom is -0.394 e. The Bertz CT molecular complexity index is 657. The molecule has 0 bridgehead atoms. The number of nitrogens with one attached hydrogen (secondary N) is 1. The van der Waals surface area contributed by atoms with Gasteiger partial charge in [0.25, 0.3) is 5.91 Å². The zero-order valence-electron chi connectivity index (χ0n) is 16.5. The first-order chi connectivity index (χ1) is 12.9. The van der Waals surface area contributed by atoms with E-state index >= 15 is 0 Å². The molecule has 10 heteroatoms. The Morgan fingerprint density at radius 1 is 1.39 bits per heavy atom. The quantitative estimate of drug-likeness (QED) is 0.353. The van der Waals surface area contributed by atoms with Crippen LogP contribution >= 0.6 is 0 Å². The van der Waals surface area contributed by atoms with Crippen LogP contribution in [0.1, 0.15) is 26.0 Å². The molecule has 2 atom stereocenters. The van der Waals surface area contributed by atoms with Crippen LogP contribution < -0.4 is 5.32 Å². The molecule has 158 valence electrons. The van der Waals surface area contributed by atoms with Crippen molar-refractivity contribution in [3.8, 4) is 0 Å². The first-order valence-electron chi connectivity index (χ1n) is 8.55. The number of rotatable bonds is 10. The van der Waals surface area contributed by atoms with Crippen LogP contribution in [0.15, 0.2) is 36.7 Å².